The van der Waals surface area contributed by atoms with E-state index in [0.717, 1.165) is 51.6 Å². The molecule has 4 N–H and O–H groups in total. The minimum absolute atomic E-state index is 0.106. The molecule has 2 fully saturated rings. The second kappa shape index (κ2) is 24.1. The molecule has 5 aromatic carbocycles. The van der Waals surface area contributed by atoms with Gasteiger partial charge in [-0.3, -0.25) is 0 Å². The minimum atomic E-state index is -5.98. The van der Waals surface area contributed by atoms with Crippen LogP contribution < -0.4 is 20.4 Å². The number of rotatable bonds is 21. The van der Waals surface area contributed by atoms with Crippen LogP contribution in [0, 0.1) is 6.92 Å². The van der Waals surface area contributed by atoms with Crippen molar-refractivity contribution in [3.8, 4) is 22.4 Å². The van der Waals surface area contributed by atoms with E-state index >= 15 is 0 Å². The van der Waals surface area contributed by atoms with Crippen LogP contribution in [0.4, 0.5) is 35.9 Å². The molecule has 13 nitrogen and oxygen atoms in total. The number of aliphatic hydroxyl groups excluding tert-OH is 1. The fourth-order valence-electron chi connectivity index (χ4n) is 9.78. The largest absolute Gasteiger partial charge is 0.501 e. The highest BCUT2D eigenvalue weighted by molar-refractivity contribution is 7.99. The molecule has 2 aliphatic heterocycles. The van der Waals surface area contributed by atoms with Crippen molar-refractivity contribution in [3.05, 3.63) is 138 Å². The Morgan fingerprint density at radius 2 is 1.47 bits per heavy atom. The number of aromatic nitrogens is 1. The fourth-order valence-corrected chi connectivity index (χ4v) is 13.1. The number of piperidine rings is 1. The van der Waals surface area contributed by atoms with Crippen molar-refractivity contribution in [3.63, 3.8) is 0 Å². The molecular weight excluding hydrogens is 1050 g/mol. The average Bonchev–Trinajstić information content (AvgIpc) is 3.70. The molecule has 75 heavy (non-hydrogen) atoms. The molecule has 8 rings (SSSR count). The van der Waals surface area contributed by atoms with Crippen LogP contribution in [0.1, 0.15) is 48.7 Å². The molecule has 20 heteroatoms. The molecule has 0 radical (unpaired) electrons. The first kappa shape index (κ1) is 55.5. The summed E-state index contributed by atoms with van der Waals surface area (Å²) in [4.78, 5) is 18.7. The van der Waals surface area contributed by atoms with E-state index in [4.69, 9.17) is 11.6 Å². The number of likely N-dealkylation sites (tertiary alicyclic amines) is 1. The van der Waals surface area contributed by atoms with Gasteiger partial charge in [0.25, 0.3) is 9.84 Å². The van der Waals surface area contributed by atoms with Crippen LogP contribution in [0.15, 0.2) is 136 Å². The molecule has 0 amide bonds. The third-order valence-corrected chi connectivity index (χ3v) is 18.5. The lowest BCUT2D eigenvalue weighted by molar-refractivity contribution is -0.0436. The number of hydrogen-bond donors (Lipinski definition) is 4. The van der Waals surface area contributed by atoms with E-state index in [0.29, 0.717) is 105 Å². The predicted octanol–water partition coefficient (Wildman–Crippen LogP) is 10.8. The lowest BCUT2D eigenvalue weighted by atomic mass is 9.96. The van der Waals surface area contributed by atoms with Crippen molar-refractivity contribution in [1.82, 2.24) is 9.47 Å². The number of aliphatic hydroxyl groups is 1. The van der Waals surface area contributed by atoms with Gasteiger partial charge in [0.1, 0.15) is 4.90 Å². The van der Waals surface area contributed by atoms with Crippen LogP contribution in [0.25, 0.3) is 22.4 Å². The number of anilines is 4. The first-order chi connectivity index (χ1) is 35.8. The van der Waals surface area contributed by atoms with Gasteiger partial charge in [-0.15, -0.1) is 11.8 Å². The standard InChI is InChI=1S/C55H62ClF3N6O7S3/c1-3-26-65-38(2)51(54(67)68)52(53(65)39-12-14-41(56)15-13-39)40-8-7-9-45(35-40)64-32-30-63(31-33-64)44-18-16-42(17-19-44)60-25-34-74(69,70)48-20-21-49(50(36-48)75(71,72)55(57,58)59)61-43(37-73-47-10-5-4-6-11-47)22-27-62-28-23-46(66)24-29-62/h4-21,35-36,43,46,60-61,66H,3,22-34,37H2,1-2H3,(H,67,68)/t43-/m1/s1. The van der Waals surface area contributed by atoms with Crippen molar-refractivity contribution >= 4 is 71.8 Å². The topological polar surface area (TPSA) is 165 Å². The van der Waals surface area contributed by atoms with Crippen LogP contribution in [0.5, 0.6) is 0 Å². The molecule has 400 valence electrons. The Morgan fingerprint density at radius 1 is 0.800 bits per heavy atom. The molecule has 2 aliphatic rings. The number of piperazine rings is 1. The van der Waals surface area contributed by atoms with E-state index in [9.17, 15) is 45.0 Å². The van der Waals surface area contributed by atoms with Gasteiger partial charge in [-0.2, -0.15) is 13.2 Å². The Bertz CT molecular complexity index is 3150. The quantitative estimate of drug-likeness (QED) is 0.0504. The number of benzene rings is 5. The van der Waals surface area contributed by atoms with Crippen LogP contribution in [-0.4, -0.2) is 124 Å². The average molecular weight is 1110 g/mol. The molecule has 0 bridgehead atoms. The summed E-state index contributed by atoms with van der Waals surface area (Å²) < 4.78 is 98.4. The van der Waals surface area contributed by atoms with Gasteiger partial charge in [-0.1, -0.05) is 61.0 Å². The maximum atomic E-state index is 14.2. The van der Waals surface area contributed by atoms with E-state index in [1.165, 1.54) is 11.8 Å². The maximum Gasteiger partial charge on any atom is 0.501 e. The molecule has 1 aromatic heterocycles. The second-order valence-corrected chi connectivity index (χ2v) is 24.4. The summed E-state index contributed by atoms with van der Waals surface area (Å²) in [5, 5.41) is 27.2. The third kappa shape index (κ3) is 13.3. The Kier molecular flexibility index (Phi) is 17.8. The van der Waals surface area contributed by atoms with Gasteiger partial charge in [0.15, 0.2) is 9.84 Å². The van der Waals surface area contributed by atoms with Crippen molar-refractivity contribution < 1.29 is 45.0 Å². The van der Waals surface area contributed by atoms with Gasteiger partial charge >= 0.3 is 11.5 Å². The summed E-state index contributed by atoms with van der Waals surface area (Å²) in [5.74, 6) is -1.14. The zero-order chi connectivity index (χ0) is 53.5. The highest BCUT2D eigenvalue weighted by atomic mass is 35.5. The monoisotopic (exact) mass is 1110 g/mol. The van der Waals surface area contributed by atoms with E-state index in [-0.39, 0.29) is 23.9 Å². The number of nitrogens with zero attached hydrogens (tertiary/aromatic N) is 4. The Hall–Kier alpha value is -5.70. The third-order valence-electron chi connectivity index (χ3n) is 13.8. The van der Waals surface area contributed by atoms with E-state index in [1.807, 2.05) is 104 Å². The number of alkyl halides is 3. The highest BCUT2D eigenvalue weighted by Gasteiger charge is 2.48. The van der Waals surface area contributed by atoms with E-state index < -0.39 is 52.7 Å². The molecule has 6 aromatic rings. The fraction of sp³-hybridized carbons (Fsp3) is 0.364. The predicted molar refractivity (Wildman–Crippen MR) is 294 cm³/mol. The van der Waals surface area contributed by atoms with Crippen LogP contribution in [0.2, 0.25) is 5.02 Å². The smallest absolute Gasteiger partial charge is 0.478 e. The van der Waals surface area contributed by atoms with Gasteiger partial charge in [-0.25, -0.2) is 21.6 Å². The minimum Gasteiger partial charge on any atom is -0.478 e. The summed E-state index contributed by atoms with van der Waals surface area (Å²) >= 11 is 7.72. The first-order valence-electron chi connectivity index (χ1n) is 25.0. The number of sulfone groups is 2. The van der Waals surface area contributed by atoms with Crippen molar-refractivity contribution in [1.29, 1.82) is 0 Å². The SMILES string of the molecule is CCCn1c(C)c(C(=O)O)c(-c2cccc(N3CCN(c4ccc(NCCS(=O)(=O)c5ccc(N[C@H](CCN6CCC(O)CC6)CSc6ccccc6)c(S(=O)(=O)C(F)(F)F)c5)cc4)CC3)c2)c1-c1ccc(Cl)cc1. The van der Waals surface area contributed by atoms with Gasteiger partial charge in [0.05, 0.1) is 33.7 Å². The number of nitrogens with one attached hydrogen (secondary N) is 2. The molecule has 0 spiro atoms. The number of carboxylic acids is 1. The van der Waals surface area contributed by atoms with Crippen molar-refractivity contribution in [2.24, 2.45) is 0 Å². The molecule has 1 atom stereocenters. The summed E-state index contributed by atoms with van der Waals surface area (Å²) in [7, 11) is -10.3. The van der Waals surface area contributed by atoms with E-state index in [2.05, 4.69) is 42.9 Å². The summed E-state index contributed by atoms with van der Waals surface area (Å²) in [5.41, 5.74) is 0.641. The van der Waals surface area contributed by atoms with Gasteiger partial charge in [-0.05, 0) is 123 Å². The number of thioether (sulfide) groups is 1. The van der Waals surface area contributed by atoms with Crippen LogP contribution >= 0.6 is 23.4 Å². The number of aromatic carboxylic acids is 1. The number of halogens is 4. The van der Waals surface area contributed by atoms with E-state index in [1.54, 1.807) is 0 Å². The second-order valence-electron chi connectivity index (χ2n) is 18.9. The Labute approximate surface area is 446 Å². The lowest BCUT2D eigenvalue weighted by Gasteiger charge is -2.37. The summed E-state index contributed by atoms with van der Waals surface area (Å²) in [6, 6.07) is 34.7. The zero-order valence-corrected chi connectivity index (χ0v) is 45.0. The molecular formula is C55H62ClF3N6O7S3. The number of hydrogen-bond acceptors (Lipinski definition) is 12. The summed E-state index contributed by atoms with van der Waals surface area (Å²) in [6.45, 7) is 9.08. The number of carbonyl (C=O) groups is 1. The van der Waals surface area contributed by atoms with Crippen LogP contribution in [-0.2, 0) is 26.2 Å². The molecule has 3 heterocycles. The van der Waals surface area contributed by atoms with Crippen molar-refractivity contribution in [2.75, 3.05) is 84.3 Å². The maximum absolute atomic E-state index is 14.2. The lowest BCUT2D eigenvalue weighted by Crippen LogP contribution is -2.46. The first-order valence-corrected chi connectivity index (χ1v) is 29.5. The number of carboxylic acid groups (broad SMARTS) is 1. The Morgan fingerprint density at radius 3 is 2.11 bits per heavy atom. The summed E-state index contributed by atoms with van der Waals surface area (Å²) in [6.07, 6.45) is 2.09. The van der Waals surface area contributed by atoms with Gasteiger partial charge < -0.3 is 40.1 Å². The molecule has 0 saturated carbocycles. The normalized spacial score (nSPS) is 15.5. The van der Waals surface area contributed by atoms with Gasteiger partial charge in [0.2, 0.25) is 0 Å². The Balaban J connectivity index is 0.910. The zero-order valence-electron chi connectivity index (χ0n) is 41.8. The molecule has 2 saturated heterocycles. The highest BCUT2D eigenvalue weighted by Crippen LogP contribution is 2.42. The van der Waals surface area contributed by atoms with Gasteiger partial charge in [0, 0.05) is 109 Å². The molecule has 0 aliphatic carbocycles. The molecule has 0 unspecified atom stereocenters. The van der Waals surface area contributed by atoms with Crippen molar-refractivity contribution in [2.45, 2.75) is 78.4 Å². The van der Waals surface area contributed by atoms with Crippen LogP contribution in [0.3, 0.4) is 0 Å².